The maximum atomic E-state index is 12.2. The van der Waals surface area contributed by atoms with Crippen molar-refractivity contribution in [1.82, 2.24) is 5.32 Å². The van der Waals surface area contributed by atoms with Gasteiger partial charge in [0.05, 0.1) is 5.56 Å². The Morgan fingerprint density at radius 2 is 2.11 bits per heavy atom. The van der Waals surface area contributed by atoms with Crippen molar-refractivity contribution >= 4 is 5.91 Å². The molecule has 1 aliphatic carbocycles. The number of fused-ring (bicyclic) bond motifs is 4. The van der Waals surface area contributed by atoms with E-state index in [0.717, 1.165) is 31.2 Å². The van der Waals surface area contributed by atoms with Crippen LogP contribution >= 0.6 is 0 Å². The maximum absolute atomic E-state index is 12.2. The molecule has 1 saturated carbocycles. The van der Waals surface area contributed by atoms with Gasteiger partial charge < -0.3 is 19.9 Å². The quantitative estimate of drug-likeness (QED) is 0.748. The van der Waals surface area contributed by atoms with E-state index >= 15 is 0 Å². The summed E-state index contributed by atoms with van der Waals surface area (Å²) >= 11 is 0. The third-order valence-electron chi connectivity index (χ3n) is 4.38. The lowest BCUT2D eigenvalue weighted by molar-refractivity contribution is 0.0897. The number of ether oxygens (including phenoxy) is 2. The molecule has 0 radical (unpaired) electrons. The Morgan fingerprint density at radius 1 is 1.26 bits per heavy atom. The van der Waals surface area contributed by atoms with Crippen molar-refractivity contribution in [2.75, 3.05) is 6.79 Å². The van der Waals surface area contributed by atoms with Gasteiger partial charge in [-0.05, 0) is 24.5 Å². The van der Waals surface area contributed by atoms with Gasteiger partial charge in [-0.3, -0.25) is 4.79 Å². The highest BCUT2D eigenvalue weighted by atomic mass is 16.7. The van der Waals surface area contributed by atoms with Crippen molar-refractivity contribution in [3.05, 3.63) is 17.2 Å². The molecule has 19 heavy (non-hydrogen) atoms. The predicted octanol–water partition coefficient (Wildman–Crippen LogP) is 1.89. The molecule has 1 aromatic carbocycles. The molecule has 0 unspecified atom stereocenters. The molecule has 100 valence electrons. The van der Waals surface area contributed by atoms with Gasteiger partial charge in [-0.25, -0.2) is 0 Å². The van der Waals surface area contributed by atoms with Crippen LogP contribution < -0.4 is 14.8 Å². The first-order valence-electron chi connectivity index (χ1n) is 6.72. The van der Waals surface area contributed by atoms with E-state index in [1.165, 1.54) is 0 Å². The Balaban J connectivity index is 1.91. The molecule has 3 aliphatic rings. The Hall–Kier alpha value is -1.91. The lowest BCUT2D eigenvalue weighted by atomic mass is 9.75. The van der Waals surface area contributed by atoms with E-state index in [1.54, 1.807) is 0 Å². The highest BCUT2D eigenvalue weighted by Gasteiger charge is 2.39. The Morgan fingerprint density at radius 3 is 3.00 bits per heavy atom. The van der Waals surface area contributed by atoms with Gasteiger partial charge in [0.25, 0.3) is 5.91 Å². The van der Waals surface area contributed by atoms with Crippen molar-refractivity contribution in [1.29, 1.82) is 0 Å². The van der Waals surface area contributed by atoms with Gasteiger partial charge in [-0.1, -0.05) is 12.8 Å². The summed E-state index contributed by atoms with van der Waals surface area (Å²) < 4.78 is 10.6. The lowest BCUT2D eigenvalue weighted by Gasteiger charge is -2.37. The molecule has 4 rings (SSSR count). The van der Waals surface area contributed by atoms with Crippen LogP contribution in [-0.2, 0) is 0 Å². The number of phenolic OH excluding ortho intramolecular Hbond substituents is 1. The molecule has 1 fully saturated rings. The average molecular weight is 261 g/mol. The van der Waals surface area contributed by atoms with Crippen LogP contribution in [0.5, 0.6) is 17.2 Å². The van der Waals surface area contributed by atoms with Crippen molar-refractivity contribution in [3.63, 3.8) is 0 Å². The van der Waals surface area contributed by atoms with E-state index in [1.807, 2.05) is 6.07 Å². The molecule has 0 bridgehead atoms. The second kappa shape index (κ2) is 3.79. The number of amides is 1. The minimum Gasteiger partial charge on any atom is -0.504 e. The van der Waals surface area contributed by atoms with Gasteiger partial charge in [-0.15, -0.1) is 0 Å². The van der Waals surface area contributed by atoms with Crippen molar-refractivity contribution < 1.29 is 19.4 Å². The molecular weight excluding hydrogens is 246 g/mol. The van der Waals surface area contributed by atoms with Crippen LogP contribution in [-0.4, -0.2) is 23.8 Å². The lowest BCUT2D eigenvalue weighted by Crippen LogP contribution is -2.45. The van der Waals surface area contributed by atoms with E-state index in [4.69, 9.17) is 9.47 Å². The normalized spacial score (nSPS) is 27.5. The highest BCUT2D eigenvalue weighted by molar-refractivity contribution is 6.01. The molecule has 0 saturated heterocycles. The number of carbonyl (C=O) groups is 1. The predicted molar refractivity (Wildman–Crippen MR) is 66.7 cm³/mol. The van der Waals surface area contributed by atoms with Gasteiger partial charge in [0, 0.05) is 12.0 Å². The van der Waals surface area contributed by atoms with Gasteiger partial charge in [0.2, 0.25) is 12.5 Å². The van der Waals surface area contributed by atoms with Gasteiger partial charge in [0.1, 0.15) is 0 Å². The minimum atomic E-state index is -0.200. The summed E-state index contributed by atoms with van der Waals surface area (Å²) in [6.45, 7) is 0.0987. The smallest absolute Gasteiger partial charge is 0.255 e. The molecule has 5 heteroatoms. The van der Waals surface area contributed by atoms with E-state index in [2.05, 4.69) is 5.32 Å². The number of nitrogens with one attached hydrogen (secondary N) is 1. The highest BCUT2D eigenvalue weighted by Crippen LogP contribution is 2.49. The number of carbonyl (C=O) groups excluding carboxylic acids is 1. The first-order chi connectivity index (χ1) is 9.25. The monoisotopic (exact) mass is 261 g/mol. The number of benzene rings is 1. The SMILES string of the molecule is O=C1N[C@@H]2CCCC[C@H]2c2cc3c(c(O)c21)OCO3. The second-order valence-corrected chi connectivity index (χ2v) is 5.39. The zero-order valence-corrected chi connectivity index (χ0v) is 10.4. The van der Waals surface area contributed by atoms with Crippen LogP contribution in [0.25, 0.3) is 0 Å². The number of rotatable bonds is 0. The van der Waals surface area contributed by atoms with E-state index < -0.39 is 0 Å². The zero-order valence-electron chi connectivity index (χ0n) is 10.4. The Kier molecular flexibility index (Phi) is 2.19. The summed E-state index contributed by atoms with van der Waals surface area (Å²) in [6, 6.07) is 2.06. The third kappa shape index (κ3) is 1.44. The molecule has 1 aromatic rings. The van der Waals surface area contributed by atoms with E-state index in [0.29, 0.717) is 17.1 Å². The zero-order chi connectivity index (χ0) is 13.0. The van der Waals surface area contributed by atoms with Gasteiger partial charge in [0.15, 0.2) is 11.5 Å². The summed E-state index contributed by atoms with van der Waals surface area (Å²) in [6.07, 6.45) is 4.35. The van der Waals surface area contributed by atoms with Crippen molar-refractivity contribution in [3.8, 4) is 17.2 Å². The van der Waals surface area contributed by atoms with Gasteiger partial charge >= 0.3 is 0 Å². The summed E-state index contributed by atoms with van der Waals surface area (Å²) in [5.74, 6) is 0.848. The molecule has 2 atom stereocenters. The molecule has 2 N–H and O–H groups in total. The van der Waals surface area contributed by atoms with Crippen LogP contribution in [0, 0.1) is 0 Å². The number of phenols is 1. The van der Waals surface area contributed by atoms with Crippen LogP contribution in [0.2, 0.25) is 0 Å². The molecule has 2 heterocycles. The second-order valence-electron chi connectivity index (χ2n) is 5.39. The summed E-state index contributed by atoms with van der Waals surface area (Å²) in [4.78, 5) is 12.2. The topological polar surface area (TPSA) is 67.8 Å². The summed E-state index contributed by atoms with van der Waals surface area (Å²) in [7, 11) is 0. The first kappa shape index (κ1) is 11.0. The Labute approximate surface area is 110 Å². The fraction of sp³-hybridized carbons (Fsp3) is 0.500. The third-order valence-corrected chi connectivity index (χ3v) is 4.38. The number of hydrogen-bond donors (Lipinski definition) is 2. The first-order valence-corrected chi connectivity index (χ1v) is 6.72. The molecule has 0 aromatic heterocycles. The molecule has 1 amide bonds. The van der Waals surface area contributed by atoms with Gasteiger partial charge in [-0.2, -0.15) is 0 Å². The van der Waals surface area contributed by atoms with Crippen LogP contribution in [0.4, 0.5) is 0 Å². The van der Waals surface area contributed by atoms with E-state index in [9.17, 15) is 9.90 Å². The minimum absolute atomic E-state index is 0.0773. The van der Waals surface area contributed by atoms with E-state index in [-0.39, 0.29) is 30.4 Å². The largest absolute Gasteiger partial charge is 0.504 e. The van der Waals surface area contributed by atoms with Crippen LogP contribution in [0.15, 0.2) is 6.07 Å². The summed E-state index contributed by atoms with van der Waals surface area (Å²) in [5, 5.41) is 13.3. The van der Waals surface area contributed by atoms with Crippen LogP contribution in [0.3, 0.4) is 0 Å². The van der Waals surface area contributed by atoms with Crippen molar-refractivity contribution in [2.45, 2.75) is 37.6 Å². The fourth-order valence-corrected chi connectivity index (χ4v) is 3.49. The number of aromatic hydroxyl groups is 1. The Bertz CT molecular complexity index is 569. The standard InChI is InChI=1S/C14H15NO4/c16-12-11-8(5-10-13(12)19-6-18-10)7-3-1-2-4-9(7)15-14(11)17/h5,7,9,16H,1-4,6H2,(H,15,17)/t7-,9+/m0/s1. The maximum Gasteiger partial charge on any atom is 0.255 e. The van der Waals surface area contributed by atoms with Crippen molar-refractivity contribution in [2.24, 2.45) is 0 Å². The molecule has 2 aliphatic heterocycles. The molecule has 0 spiro atoms. The van der Waals surface area contributed by atoms with Crippen LogP contribution in [0.1, 0.15) is 47.5 Å². The molecule has 5 nitrogen and oxygen atoms in total. The number of hydrogen-bond acceptors (Lipinski definition) is 4. The summed E-state index contributed by atoms with van der Waals surface area (Å²) in [5.41, 5.74) is 1.28. The average Bonchev–Trinajstić information content (AvgIpc) is 2.87. The molecular formula is C14H15NO4. The fourth-order valence-electron chi connectivity index (χ4n) is 3.49.